The number of anilines is 1. The van der Waals surface area contributed by atoms with Crippen LogP contribution >= 0.6 is 11.3 Å². The number of benzene rings is 1. The molecule has 21 heavy (non-hydrogen) atoms. The van der Waals surface area contributed by atoms with Gasteiger partial charge in [-0.2, -0.15) is 0 Å². The van der Waals surface area contributed by atoms with E-state index in [1.54, 1.807) is 11.3 Å². The van der Waals surface area contributed by atoms with Crippen molar-refractivity contribution in [2.75, 3.05) is 18.0 Å². The Labute approximate surface area is 131 Å². The maximum Gasteiger partial charge on any atom is 0.185 e. The Kier molecular flexibility index (Phi) is 4.03. The smallest absolute Gasteiger partial charge is 0.185 e. The molecule has 3 rings (SSSR count). The molecule has 2 heterocycles. The van der Waals surface area contributed by atoms with E-state index in [2.05, 4.69) is 55.3 Å². The van der Waals surface area contributed by atoms with E-state index in [0.717, 1.165) is 18.8 Å². The summed E-state index contributed by atoms with van der Waals surface area (Å²) in [5.41, 5.74) is 3.91. The summed E-state index contributed by atoms with van der Waals surface area (Å²) in [4.78, 5) is 7.31. The molecule has 0 N–H and O–H groups in total. The first kappa shape index (κ1) is 14.6. The SMILES string of the molecule is CC(C)(C)c1cccc(-c2csc(N3CCCCC3)n2)c1. The third kappa shape index (κ3) is 3.29. The van der Waals surface area contributed by atoms with Crippen LogP contribution in [0.25, 0.3) is 11.3 Å². The lowest BCUT2D eigenvalue weighted by atomic mass is 9.86. The number of piperidine rings is 1. The molecular weight excluding hydrogens is 276 g/mol. The van der Waals surface area contributed by atoms with Gasteiger partial charge in [0.15, 0.2) is 5.13 Å². The van der Waals surface area contributed by atoms with Crippen molar-refractivity contribution in [1.29, 1.82) is 0 Å². The molecule has 0 radical (unpaired) electrons. The molecule has 0 unspecified atom stereocenters. The largest absolute Gasteiger partial charge is 0.348 e. The highest BCUT2D eigenvalue weighted by atomic mass is 32.1. The van der Waals surface area contributed by atoms with Gasteiger partial charge in [0.2, 0.25) is 0 Å². The molecule has 1 saturated heterocycles. The van der Waals surface area contributed by atoms with Gasteiger partial charge >= 0.3 is 0 Å². The molecule has 0 aliphatic carbocycles. The number of thiazole rings is 1. The highest BCUT2D eigenvalue weighted by Crippen LogP contribution is 2.31. The van der Waals surface area contributed by atoms with Crippen LogP contribution < -0.4 is 4.90 Å². The molecule has 0 atom stereocenters. The van der Waals surface area contributed by atoms with Gasteiger partial charge in [-0.05, 0) is 36.3 Å². The summed E-state index contributed by atoms with van der Waals surface area (Å²) in [7, 11) is 0. The Bertz CT molecular complexity index is 604. The molecule has 1 aliphatic heterocycles. The van der Waals surface area contributed by atoms with Crippen molar-refractivity contribution in [2.24, 2.45) is 0 Å². The first-order valence-electron chi connectivity index (χ1n) is 7.85. The van der Waals surface area contributed by atoms with Crippen molar-refractivity contribution in [3.63, 3.8) is 0 Å². The molecule has 1 aromatic heterocycles. The Morgan fingerprint density at radius 1 is 1.10 bits per heavy atom. The number of hydrogen-bond acceptors (Lipinski definition) is 3. The van der Waals surface area contributed by atoms with E-state index < -0.39 is 0 Å². The van der Waals surface area contributed by atoms with E-state index in [1.807, 2.05) is 0 Å². The molecule has 0 amide bonds. The highest BCUT2D eigenvalue weighted by molar-refractivity contribution is 7.14. The second-order valence-electron chi connectivity index (χ2n) is 6.89. The Morgan fingerprint density at radius 2 is 1.86 bits per heavy atom. The molecule has 0 spiro atoms. The van der Waals surface area contributed by atoms with Crippen LogP contribution in [0.2, 0.25) is 0 Å². The minimum atomic E-state index is 0.182. The number of aromatic nitrogens is 1. The van der Waals surface area contributed by atoms with Crippen LogP contribution in [0.4, 0.5) is 5.13 Å². The van der Waals surface area contributed by atoms with E-state index in [9.17, 15) is 0 Å². The van der Waals surface area contributed by atoms with Crippen LogP contribution in [0.1, 0.15) is 45.6 Å². The summed E-state index contributed by atoms with van der Waals surface area (Å²) in [5, 5.41) is 3.39. The fourth-order valence-corrected chi connectivity index (χ4v) is 3.66. The molecule has 1 aromatic carbocycles. The fraction of sp³-hybridized carbons (Fsp3) is 0.500. The molecule has 2 aromatic rings. The van der Waals surface area contributed by atoms with Crippen molar-refractivity contribution in [1.82, 2.24) is 4.98 Å². The molecule has 0 saturated carbocycles. The van der Waals surface area contributed by atoms with Crippen molar-refractivity contribution < 1.29 is 0 Å². The third-order valence-corrected chi connectivity index (χ3v) is 5.04. The normalized spacial score (nSPS) is 16.2. The third-order valence-electron chi connectivity index (χ3n) is 4.14. The quantitative estimate of drug-likeness (QED) is 0.767. The van der Waals surface area contributed by atoms with E-state index in [-0.39, 0.29) is 5.41 Å². The first-order valence-corrected chi connectivity index (χ1v) is 8.73. The average molecular weight is 300 g/mol. The second kappa shape index (κ2) is 5.80. The zero-order valence-electron chi connectivity index (χ0n) is 13.2. The summed E-state index contributed by atoms with van der Waals surface area (Å²) in [6, 6.07) is 8.82. The lowest BCUT2D eigenvalue weighted by Crippen LogP contribution is -2.29. The van der Waals surface area contributed by atoms with Crippen molar-refractivity contribution in [2.45, 2.75) is 45.4 Å². The van der Waals surface area contributed by atoms with Crippen LogP contribution in [0.5, 0.6) is 0 Å². The van der Waals surface area contributed by atoms with Gasteiger partial charge in [0, 0.05) is 24.0 Å². The van der Waals surface area contributed by atoms with E-state index in [4.69, 9.17) is 4.98 Å². The Morgan fingerprint density at radius 3 is 2.57 bits per heavy atom. The lowest BCUT2D eigenvalue weighted by Gasteiger charge is -2.25. The first-order chi connectivity index (χ1) is 10.0. The molecule has 2 nitrogen and oxygen atoms in total. The predicted octanol–water partition coefficient (Wildman–Crippen LogP) is 5.10. The number of rotatable bonds is 2. The molecule has 1 fully saturated rings. The predicted molar refractivity (Wildman–Crippen MR) is 92.3 cm³/mol. The maximum absolute atomic E-state index is 4.87. The van der Waals surface area contributed by atoms with Gasteiger partial charge in [0.25, 0.3) is 0 Å². The maximum atomic E-state index is 4.87. The number of hydrogen-bond donors (Lipinski definition) is 0. The van der Waals surface area contributed by atoms with Crippen molar-refractivity contribution in [3.8, 4) is 11.3 Å². The van der Waals surface area contributed by atoms with E-state index in [1.165, 1.54) is 35.5 Å². The zero-order chi connectivity index (χ0) is 14.9. The van der Waals surface area contributed by atoms with Crippen LogP contribution in [-0.2, 0) is 5.41 Å². The molecule has 112 valence electrons. The molecular formula is C18H24N2S. The minimum Gasteiger partial charge on any atom is -0.348 e. The van der Waals surface area contributed by atoms with Gasteiger partial charge in [-0.1, -0.05) is 39.0 Å². The van der Waals surface area contributed by atoms with Crippen LogP contribution in [0.15, 0.2) is 29.6 Å². The van der Waals surface area contributed by atoms with Crippen molar-refractivity contribution >= 4 is 16.5 Å². The van der Waals surface area contributed by atoms with Gasteiger partial charge in [0.05, 0.1) is 5.69 Å². The topological polar surface area (TPSA) is 16.1 Å². The Hall–Kier alpha value is -1.35. The van der Waals surface area contributed by atoms with Crippen molar-refractivity contribution in [3.05, 3.63) is 35.2 Å². The molecule has 3 heteroatoms. The fourth-order valence-electron chi connectivity index (χ4n) is 2.77. The van der Waals surface area contributed by atoms with E-state index in [0.29, 0.717) is 0 Å². The summed E-state index contributed by atoms with van der Waals surface area (Å²) >= 11 is 1.78. The van der Waals surface area contributed by atoms with Crippen LogP contribution in [-0.4, -0.2) is 18.1 Å². The summed E-state index contributed by atoms with van der Waals surface area (Å²) in [5.74, 6) is 0. The lowest BCUT2D eigenvalue weighted by molar-refractivity contribution is 0.577. The van der Waals surface area contributed by atoms with Gasteiger partial charge < -0.3 is 4.90 Å². The molecule has 0 bridgehead atoms. The van der Waals surface area contributed by atoms with Gasteiger partial charge in [-0.25, -0.2) is 4.98 Å². The Balaban J connectivity index is 1.86. The van der Waals surface area contributed by atoms with Crippen LogP contribution in [0.3, 0.4) is 0 Å². The summed E-state index contributed by atoms with van der Waals surface area (Å²) in [6.45, 7) is 9.09. The summed E-state index contributed by atoms with van der Waals surface area (Å²) in [6.07, 6.45) is 3.96. The summed E-state index contributed by atoms with van der Waals surface area (Å²) < 4.78 is 0. The van der Waals surface area contributed by atoms with Gasteiger partial charge in [0.1, 0.15) is 0 Å². The minimum absolute atomic E-state index is 0.182. The standard InChI is InChI=1S/C18H24N2S/c1-18(2,3)15-9-7-8-14(12-15)16-13-21-17(19-16)20-10-5-4-6-11-20/h7-9,12-13H,4-6,10-11H2,1-3H3. The monoisotopic (exact) mass is 300 g/mol. The number of nitrogens with zero attached hydrogens (tertiary/aromatic N) is 2. The average Bonchev–Trinajstić information content (AvgIpc) is 2.97. The van der Waals surface area contributed by atoms with E-state index >= 15 is 0 Å². The second-order valence-corrected chi connectivity index (χ2v) is 7.73. The van der Waals surface area contributed by atoms with Gasteiger partial charge in [-0.3, -0.25) is 0 Å². The van der Waals surface area contributed by atoms with Crippen LogP contribution in [0, 0.1) is 0 Å². The molecule has 1 aliphatic rings. The highest BCUT2D eigenvalue weighted by Gasteiger charge is 2.17. The zero-order valence-corrected chi connectivity index (χ0v) is 14.0. The van der Waals surface area contributed by atoms with Gasteiger partial charge in [-0.15, -0.1) is 11.3 Å².